The normalized spacial score (nSPS) is 11.6. The summed E-state index contributed by atoms with van der Waals surface area (Å²) in [6.45, 7) is 1.70. The first-order valence-electron chi connectivity index (χ1n) is 5.32. The number of aliphatic hydroxyl groups is 1. The molecule has 1 rings (SSSR count). The van der Waals surface area contributed by atoms with Crippen LogP contribution in [0.4, 0.5) is 18.9 Å². The van der Waals surface area contributed by atoms with Crippen LogP contribution in [0.5, 0.6) is 0 Å². The van der Waals surface area contributed by atoms with Gasteiger partial charge in [0.25, 0.3) is 0 Å². The van der Waals surface area contributed by atoms with Crippen molar-refractivity contribution < 1.29 is 18.3 Å². The van der Waals surface area contributed by atoms with Crippen LogP contribution in [0, 0.1) is 6.92 Å². The first-order chi connectivity index (χ1) is 7.83. The topological polar surface area (TPSA) is 23.5 Å². The predicted octanol–water partition coefficient (Wildman–Crippen LogP) is 2.88. The fourth-order valence-electron chi connectivity index (χ4n) is 1.52. The van der Waals surface area contributed by atoms with Gasteiger partial charge in [-0.1, -0.05) is 6.07 Å². The molecule has 0 amide bonds. The van der Waals surface area contributed by atoms with E-state index in [0.717, 1.165) is 16.8 Å². The molecule has 0 saturated heterocycles. The Morgan fingerprint density at radius 2 is 1.94 bits per heavy atom. The Kier molecular flexibility index (Phi) is 4.40. The highest BCUT2D eigenvalue weighted by Gasteiger charge is 2.27. The maximum Gasteiger partial charge on any atom is 0.390 e. The van der Waals surface area contributed by atoms with Crippen LogP contribution in [0.1, 0.15) is 17.5 Å². The monoisotopic (exact) mass is 247 g/mol. The lowest BCUT2D eigenvalue weighted by atomic mass is 10.1. The van der Waals surface area contributed by atoms with Gasteiger partial charge in [-0.2, -0.15) is 13.2 Å². The maximum absolute atomic E-state index is 12.1. The van der Waals surface area contributed by atoms with Crippen LogP contribution in [0.25, 0.3) is 0 Å². The molecular weight excluding hydrogens is 231 g/mol. The van der Waals surface area contributed by atoms with Gasteiger partial charge in [0, 0.05) is 19.3 Å². The van der Waals surface area contributed by atoms with Gasteiger partial charge >= 0.3 is 6.18 Å². The molecule has 0 spiro atoms. The molecule has 0 heterocycles. The number of aryl methyl sites for hydroxylation is 1. The summed E-state index contributed by atoms with van der Waals surface area (Å²) in [5, 5.41) is 9.00. The van der Waals surface area contributed by atoms with Crippen LogP contribution in [-0.2, 0) is 6.61 Å². The molecule has 17 heavy (non-hydrogen) atoms. The number of alkyl halides is 3. The van der Waals surface area contributed by atoms with Gasteiger partial charge < -0.3 is 10.0 Å². The average molecular weight is 247 g/mol. The summed E-state index contributed by atoms with van der Waals surface area (Å²) in [4.78, 5) is 1.56. The van der Waals surface area contributed by atoms with E-state index >= 15 is 0 Å². The molecular formula is C12H16F3NO. The lowest BCUT2D eigenvalue weighted by Gasteiger charge is -2.21. The van der Waals surface area contributed by atoms with Crippen molar-refractivity contribution in [1.82, 2.24) is 0 Å². The second kappa shape index (κ2) is 5.40. The third kappa shape index (κ3) is 4.26. The molecule has 2 nitrogen and oxygen atoms in total. The molecule has 0 unspecified atom stereocenters. The van der Waals surface area contributed by atoms with E-state index in [1.165, 1.54) is 0 Å². The summed E-state index contributed by atoms with van der Waals surface area (Å²) in [5.74, 6) is 0. The zero-order chi connectivity index (χ0) is 13.1. The van der Waals surface area contributed by atoms with E-state index in [0.29, 0.717) is 0 Å². The second-order valence-corrected chi connectivity index (χ2v) is 4.06. The summed E-state index contributed by atoms with van der Waals surface area (Å²) in [6, 6.07) is 5.23. The Morgan fingerprint density at radius 3 is 2.41 bits per heavy atom. The van der Waals surface area contributed by atoms with Crippen LogP contribution in [-0.4, -0.2) is 24.9 Å². The van der Waals surface area contributed by atoms with Crippen molar-refractivity contribution in [2.24, 2.45) is 0 Å². The van der Waals surface area contributed by atoms with Crippen molar-refractivity contribution in [3.8, 4) is 0 Å². The quantitative estimate of drug-likeness (QED) is 0.884. The van der Waals surface area contributed by atoms with Gasteiger partial charge in [-0.05, 0) is 30.2 Å². The molecule has 0 aliphatic rings. The molecule has 0 bridgehead atoms. The lowest BCUT2D eigenvalue weighted by molar-refractivity contribution is -0.132. The molecule has 5 heteroatoms. The third-order valence-electron chi connectivity index (χ3n) is 2.67. The van der Waals surface area contributed by atoms with Crippen molar-refractivity contribution in [3.63, 3.8) is 0 Å². The Morgan fingerprint density at radius 1 is 1.29 bits per heavy atom. The molecule has 96 valence electrons. The first kappa shape index (κ1) is 13.8. The van der Waals surface area contributed by atoms with Gasteiger partial charge in [-0.3, -0.25) is 0 Å². The highest BCUT2D eigenvalue weighted by Crippen LogP contribution is 2.23. The van der Waals surface area contributed by atoms with Gasteiger partial charge in [-0.25, -0.2) is 0 Å². The smallest absolute Gasteiger partial charge is 0.390 e. The highest BCUT2D eigenvalue weighted by molar-refractivity contribution is 5.50. The number of halogens is 3. The van der Waals surface area contributed by atoms with Gasteiger partial charge in [0.05, 0.1) is 13.0 Å². The zero-order valence-electron chi connectivity index (χ0n) is 9.88. The van der Waals surface area contributed by atoms with Gasteiger partial charge in [0.1, 0.15) is 0 Å². The Balaban J connectivity index is 2.69. The highest BCUT2D eigenvalue weighted by atomic mass is 19.4. The van der Waals surface area contributed by atoms with Crippen molar-refractivity contribution in [2.45, 2.75) is 26.1 Å². The standard InChI is InChI=1S/C12H16F3NO/c1-9-7-11(4-3-10(9)8-17)16(2)6-5-12(13,14)15/h3-4,7,17H,5-6,8H2,1-2H3. The number of rotatable bonds is 4. The van der Waals surface area contributed by atoms with Crippen LogP contribution >= 0.6 is 0 Å². The number of aliphatic hydroxyl groups excluding tert-OH is 1. The minimum atomic E-state index is -4.13. The maximum atomic E-state index is 12.1. The zero-order valence-corrected chi connectivity index (χ0v) is 9.88. The number of nitrogens with zero attached hydrogens (tertiary/aromatic N) is 1. The summed E-state index contributed by atoms with van der Waals surface area (Å²) in [6.07, 6.45) is -4.96. The van der Waals surface area contributed by atoms with E-state index in [9.17, 15) is 13.2 Å². The molecule has 1 N–H and O–H groups in total. The van der Waals surface area contributed by atoms with E-state index in [4.69, 9.17) is 5.11 Å². The molecule has 0 aliphatic carbocycles. The van der Waals surface area contributed by atoms with Crippen molar-refractivity contribution in [3.05, 3.63) is 29.3 Å². The molecule has 0 saturated carbocycles. The van der Waals surface area contributed by atoms with E-state index < -0.39 is 12.6 Å². The van der Waals surface area contributed by atoms with E-state index in [1.807, 2.05) is 6.92 Å². The van der Waals surface area contributed by atoms with Crippen molar-refractivity contribution in [2.75, 3.05) is 18.5 Å². The molecule has 1 aromatic rings. The Bertz CT molecular complexity index is 377. The number of anilines is 1. The molecule has 0 aromatic heterocycles. The van der Waals surface area contributed by atoms with Crippen LogP contribution < -0.4 is 4.90 Å². The van der Waals surface area contributed by atoms with Crippen LogP contribution in [0.3, 0.4) is 0 Å². The van der Waals surface area contributed by atoms with Crippen molar-refractivity contribution in [1.29, 1.82) is 0 Å². The van der Waals surface area contributed by atoms with Crippen LogP contribution in [0.2, 0.25) is 0 Å². The van der Waals surface area contributed by atoms with Gasteiger partial charge in [-0.15, -0.1) is 0 Å². The molecule has 0 fully saturated rings. The minimum Gasteiger partial charge on any atom is -0.392 e. The third-order valence-corrected chi connectivity index (χ3v) is 2.67. The largest absolute Gasteiger partial charge is 0.392 e. The number of benzene rings is 1. The molecule has 0 radical (unpaired) electrons. The predicted molar refractivity (Wildman–Crippen MR) is 61.0 cm³/mol. The fraction of sp³-hybridized carbons (Fsp3) is 0.500. The lowest BCUT2D eigenvalue weighted by Crippen LogP contribution is -2.24. The molecule has 0 atom stereocenters. The van der Waals surface area contributed by atoms with Crippen LogP contribution in [0.15, 0.2) is 18.2 Å². The summed E-state index contributed by atoms with van der Waals surface area (Å²) >= 11 is 0. The number of hydrogen-bond donors (Lipinski definition) is 1. The van der Waals surface area contributed by atoms with Crippen molar-refractivity contribution >= 4 is 5.69 Å². The van der Waals surface area contributed by atoms with E-state index in [1.54, 1.807) is 30.1 Å². The summed E-state index contributed by atoms with van der Waals surface area (Å²) < 4.78 is 36.2. The second-order valence-electron chi connectivity index (χ2n) is 4.06. The van der Waals surface area contributed by atoms with Gasteiger partial charge in [0.15, 0.2) is 0 Å². The summed E-state index contributed by atoms with van der Waals surface area (Å²) in [7, 11) is 1.62. The van der Waals surface area contributed by atoms with Gasteiger partial charge in [0.2, 0.25) is 0 Å². The van der Waals surface area contributed by atoms with E-state index in [2.05, 4.69) is 0 Å². The molecule has 0 aliphatic heterocycles. The summed E-state index contributed by atoms with van der Waals surface area (Å²) in [5.41, 5.74) is 2.39. The fourth-order valence-corrected chi connectivity index (χ4v) is 1.52. The number of hydrogen-bond acceptors (Lipinski definition) is 2. The first-order valence-corrected chi connectivity index (χ1v) is 5.32. The average Bonchev–Trinajstić information content (AvgIpc) is 2.24. The molecule has 1 aromatic carbocycles. The minimum absolute atomic E-state index is 0.0572. The Labute approximate surface area is 98.7 Å². The SMILES string of the molecule is Cc1cc(N(C)CCC(F)(F)F)ccc1CO. The van der Waals surface area contributed by atoms with E-state index in [-0.39, 0.29) is 13.2 Å². The Hall–Kier alpha value is -1.23.